The van der Waals surface area contributed by atoms with Gasteiger partial charge in [0.2, 0.25) is 0 Å². The number of nitrogens with zero attached hydrogens (tertiary/aromatic N) is 1. The Labute approximate surface area is 114 Å². The molecule has 1 saturated heterocycles. The Bertz CT molecular complexity index is 410. The van der Waals surface area contributed by atoms with Gasteiger partial charge in [0.1, 0.15) is 0 Å². The smallest absolute Gasteiger partial charge is 0.0328 e. The van der Waals surface area contributed by atoms with Gasteiger partial charge in [-0.1, -0.05) is 0 Å². The van der Waals surface area contributed by atoms with Crippen LogP contribution in [0, 0.1) is 12.8 Å². The highest BCUT2D eigenvalue weighted by molar-refractivity contribution is 7.11. The minimum atomic E-state index is 0.364. The molecule has 2 fully saturated rings. The Morgan fingerprint density at radius 1 is 1.44 bits per heavy atom. The third-order valence-electron chi connectivity index (χ3n) is 4.39. The monoisotopic (exact) mass is 264 g/mol. The van der Waals surface area contributed by atoms with Gasteiger partial charge in [-0.3, -0.25) is 4.90 Å². The first-order valence-electron chi connectivity index (χ1n) is 7.18. The molecule has 1 aromatic rings. The largest absolute Gasteiger partial charge is 0.310 e. The van der Waals surface area contributed by atoms with Gasteiger partial charge in [0, 0.05) is 28.4 Å². The minimum Gasteiger partial charge on any atom is -0.310 e. The van der Waals surface area contributed by atoms with Crippen molar-refractivity contribution in [2.75, 3.05) is 19.6 Å². The highest BCUT2D eigenvalue weighted by Gasteiger charge is 2.42. The van der Waals surface area contributed by atoms with E-state index in [1.807, 2.05) is 11.3 Å². The zero-order chi connectivity index (χ0) is 12.6. The number of nitrogens with one attached hydrogen (secondary N) is 1. The molecule has 1 aliphatic carbocycles. The van der Waals surface area contributed by atoms with Gasteiger partial charge in [-0.25, -0.2) is 0 Å². The molecular formula is C15H24N2S. The second kappa shape index (κ2) is 4.95. The van der Waals surface area contributed by atoms with Crippen LogP contribution in [0.15, 0.2) is 12.1 Å². The molecule has 1 N–H and O–H groups in total. The Kier molecular flexibility index (Phi) is 3.48. The number of thiophene rings is 1. The van der Waals surface area contributed by atoms with Crippen LogP contribution in [0.1, 0.15) is 35.9 Å². The lowest BCUT2D eigenvalue weighted by Crippen LogP contribution is -2.50. The van der Waals surface area contributed by atoms with E-state index >= 15 is 0 Å². The zero-order valence-corrected chi connectivity index (χ0v) is 12.4. The van der Waals surface area contributed by atoms with E-state index in [-0.39, 0.29) is 0 Å². The van der Waals surface area contributed by atoms with E-state index in [4.69, 9.17) is 0 Å². The molecule has 1 saturated carbocycles. The van der Waals surface area contributed by atoms with Crippen LogP contribution in [0.25, 0.3) is 0 Å². The molecule has 2 aliphatic rings. The van der Waals surface area contributed by atoms with E-state index in [9.17, 15) is 0 Å². The molecule has 100 valence electrons. The first-order valence-corrected chi connectivity index (χ1v) is 8.00. The van der Waals surface area contributed by atoms with Crippen LogP contribution < -0.4 is 5.32 Å². The van der Waals surface area contributed by atoms with Gasteiger partial charge in [-0.05, 0) is 64.3 Å². The molecule has 3 rings (SSSR count). The summed E-state index contributed by atoms with van der Waals surface area (Å²) >= 11 is 1.95. The summed E-state index contributed by atoms with van der Waals surface area (Å²) in [6.07, 6.45) is 4.14. The molecule has 0 bridgehead atoms. The molecule has 18 heavy (non-hydrogen) atoms. The molecule has 3 heteroatoms. The first-order chi connectivity index (χ1) is 8.66. The summed E-state index contributed by atoms with van der Waals surface area (Å²) in [5.41, 5.74) is 0.364. The maximum atomic E-state index is 3.80. The number of hydrogen-bond acceptors (Lipinski definition) is 3. The number of hydrogen-bond donors (Lipinski definition) is 1. The van der Waals surface area contributed by atoms with Crippen molar-refractivity contribution >= 4 is 11.3 Å². The summed E-state index contributed by atoms with van der Waals surface area (Å²) in [6.45, 7) is 9.42. The standard InChI is InChI=1S/C15H24N2S/c1-12-4-7-14(18-12)10-17-9-3-8-16-15(2,11-17)13-5-6-13/h4,7,13,16H,3,5-6,8-11H2,1-2H3. The minimum absolute atomic E-state index is 0.364. The number of rotatable bonds is 3. The third kappa shape index (κ3) is 2.79. The summed E-state index contributed by atoms with van der Waals surface area (Å²) in [5, 5.41) is 3.80. The average molecular weight is 264 g/mol. The lowest BCUT2D eigenvalue weighted by atomic mass is 9.95. The Morgan fingerprint density at radius 2 is 2.28 bits per heavy atom. The molecule has 0 amide bonds. The van der Waals surface area contributed by atoms with Crippen molar-refractivity contribution in [3.63, 3.8) is 0 Å². The highest BCUT2D eigenvalue weighted by atomic mass is 32.1. The quantitative estimate of drug-likeness (QED) is 0.903. The van der Waals surface area contributed by atoms with E-state index in [2.05, 4.69) is 36.2 Å². The SMILES string of the molecule is Cc1ccc(CN2CCCNC(C)(C3CC3)C2)s1. The van der Waals surface area contributed by atoms with Crippen LogP contribution in [0.3, 0.4) is 0 Å². The topological polar surface area (TPSA) is 15.3 Å². The van der Waals surface area contributed by atoms with Gasteiger partial charge in [-0.15, -0.1) is 11.3 Å². The van der Waals surface area contributed by atoms with Crippen molar-refractivity contribution in [3.05, 3.63) is 21.9 Å². The Balaban J connectivity index is 1.67. The molecule has 0 radical (unpaired) electrons. The van der Waals surface area contributed by atoms with E-state index < -0.39 is 0 Å². The van der Waals surface area contributed by atoms with Gasteiger partial charge in [-0.2, -0.15) is 0 Å². The lowest BCUT2D eigenvalue weighted by molar-refractivity contribution is 0.196. The van der Waals surface area contributed by atoms with Gasteiger partial charge in [0.15, 0.2) is 0 Å². The van der Waals surface area contributed by atoms with Gasteiger partial charge in [0.25, 0.3) is 0 Å². The molecule has 1 aromatic heterocycles. The molecule has 0 aromatic carbocycles. The molecular weight excluding hydrogens is 240 g/mol. The van der Waals surface area contributed by atoms with Crippen molar-refractivity contribution in [3.8, 4) is 0 Å². The van der Waals surface area contributed by atoms with Crippen LogP contribution >= 0.6 is 11.3 Å². The van der Waals surface area contributed by atoms with Gasteiger partial charge < -0.3 is 5.32 Å². The second-order valence-corrected chi connectivity index (χ2v) is 7.57. The van der Waals surface area contributed by atoms with Crippen LogP contribution in [-0.4, -0.2) is 30.1 Å². The molecule has 1 unspecified atom stereocenters. The van der Waals surface area contributed by atoms with Crippen LogP contribution in [0.4, 0.5) is 0 Å². The fraction of sp³-hybridized carbons (Fsp3) is 0.733. The van der Waals surface area contributed by atoms with E-state index in [0.717, 1.165) is 12.5 Å². The summed E-state index contributed by atoms with van der Waals surface area (Å²) in [4.78, 5) is 5.61. The summed E-state index contributed by atoms with van der Waals surface area (Å²) in [5.74, 6) is 0.920. The molecule has 0 spiro atoms. The van der Waals surface area contributed by atoms with E-state index in [1.54, 1.807) is 0 Å². The summed E-state index contributed by atoms with van der Waals surface area (Å²) in [6, 6.07) is 4.54. The van der Waals surface area contributed by atoms with Crippen LogP contribution in [0.5, 0.6) is 0 Å². The summed E-state index contributed by atoms with van der Waals surface area (Å²) < 4.78 is 0. The maximum absolute atomic E-state index is 3.80. The molecule has 1 aliphatic heterocycles. The Morgan fingerprint density at radius 3 is 2.94 bits per heavy atom. The fourth-order valence-electron chi connectivity index (χ4n) is 3.20. The highest BCUT2D eigenvalue weighted by Crippen LogP contribution is 2.40. The normalized spacial score (nSPS) is 30.3. The third-order valence-corrected chi connectivity index (χ3v) is 5.37. The predicted molar refractivity (Wildman–Crippen MR) is 78.1 cm³/mol. The molecule has 2 heterocycles. The summed E-state index contributed by atoms with van der Waals surface area (Å²) in [7, 11) is 0. The van der Waals surface area contributed by atoms with Gasteiger partial charge in [0.05, 0.1) is 0 Å². The van der Waals surface area contributed by atoms with Crippen LogP contribution in [0.2, 0.25) is 0 Å². The van der Waals surface area contributed by atoms with E-state index in [1.165, 1.54) is 48.7 Å². The van der Waals surface area contributed by atoms with Crippen molar-refractivity contribution in [1.82, 2.24) is 10.2 Å². The van der Waals surface area contributed by atoms with Gasteiger partial charge >= 0.3 is 0 Å². The van der Waals surface area contributed by atoms with Crippen molar-refractivity contribution < 1.29 is 0 Å². The van der Waals surface area contributed by atoms with Crippen LogP contribution in [-0.2, 0) is 6.54 Å². The number of aryl methyl sites for hydroxylation is 1. The molecule has 2 nitrogen and oxygen atoms in total. The van der Waals surface area contributed by atoms with E-state index in [0.29, 0.717) is 5.54 Å². The van der Waals surface area contributed by atoms with Crippen molar-refractivity contribution in [2.24, 2.45) is 5.92 Å². The zero-order valence-electron chi connectivity index (χ0n) is 11.5. The predicted octanol–water partition coefficient (Wildman–Crippen LogP) is 3.02. The lowest BCUT2D eigenvalue weighted by Gasteiger charge is -2.33. The average Bonchev–Trinajstić information content (AvgIpc) is 3.11. The molecule has 1 atom stereocenters. The second-order valence-electron chi connectivity index (χ2n) is 6.20. The van der Waals surface area contributed by atoms with Crippen molar-refractivity contribution in [1.29, 1.82) is 0 Å². The first kappa shape index (κ1) is 12.6. The Hall–Kier alpha value is -0.380. The maximum Gasteiger partial charge on any atom is 0.0328 e. The van der Waals surface area contributed by atoms with Crippen molar-refractivity contribution in [2.45, 2.75) is 45.2 Å². The fourth-order valence-corrected chi connectivity index (χ4v) is 4.13.